The third kappa shape index (κ3) is 5.09. The van der Waals surface area contributed by atoms with Gasteiger partial charge < -0.3 is 15.2 Å². The minimum atomic E-state index is -0.828. The first-order valence-corrected chi connectivity index (χ1v) is 9.49. The molecule has 0 saturated carbocycles. The van der Waals surface area contributed by atoms with Crippen LogP contribution in [0.25, 0.3) is 0 Å². The Morgan fingerprint density at radius 3 is 2.59 bits per heavy atom. The Balaban J connectivity index is 2.25. The Hall–Kier alpha value is -2.35. The molecule has 27 heavy (non-hydrogen) atoms. The Morgan fingerprint density at radius 1 is 1.26 bits per heavy atom. The van der Waals surface area contributed by atoms with E-state index in [-0.39, 0.29) is 12.5 Å². The smallest absolute Gasteiger partial charge is 0.337 e. The first kappa shape index (κ1) is 21.0. The van der Waals surface area contributed by atoms with Crippen LogP contribution in [-0.4, -0.2) is 41.6 Å². The van der Waals surface area contributed by atoms with E-state index >= 15 is 0 Å². The number of urea groups is 1. The molecule has 0 bridgehead atoms. The van der Waals surface area contributed by atoms with Gasteiger partial charge in [-0.1, -0.05) is 40.5 Å². The molecule has 0 radical (unpaired) electrons. The molecule has 1 unspecified atom stereocenters. The van der Waals surface area contributed by atoms with E-state index in [0.29, 0.717) is 37.1 Å². The maximum atomic E-state index is 12.6. The predicted molar refractivity (Wildman–Crippen MR) is 103 cm³/mol. The van der Waals surface area contributed by atoms with Crippen LogP contribution in [0.4, 0.5) is 4.79 Å². The van der Waals surface area contributed by atoms with Crippen LogP contribution < -0.4 is 5.32 Å². The molecule has 146 valence electrons. The third-order valence-corrected chi connectivity index (χ3v) is 5.21. The Labute approximate surface area is 166 Å². The van der Waals surface area contributed by atoms with Crippen LogP contribution >= 0.6 is 15.9 Å². The van der Waals surface area contributed by atoms with Gasteiger partial charge in [-0.25, -0.2) is 9.59 Å². The van der Waals surface area contributed by atoms with Crippen LogP contribution in [0.5, 0.6) is 0 Å². The summed E-state index contributed by atoms with van der Waals surface area (Å²) in [7, 11) is 1.31. The SMILES string of the molecule is COC(=O)C1=C(C)N(CCCCCC(=O)O)C(=O)NC1c1ccccc1Br. The molecule has 0 aliphatic carbocycles. The minimum absolute atomic E-state index is 0.110. The molecule has 2 amide bonds. The average Bonchev–Trinajstić information content (AvgIpc) is 2.63. The number of halogens is 1. The summed E-state index contributed by atoms with van der Waals surface area (Å²) in [6.45, 7) is 2.13. The molecule has 2 N–H and O–H groups in total. The molecule has 0 fully saturated rings. The summed E-state index contributed by atoms with van der Waals surface area (Å²) in [5.74, 6) is -1.32. The number of aliphatic carboxylic acids is 1. The lowest BCUT2D eigenvalue weighted by Crippen LogP contribution is -2.48. The van der Waals surface area contributed by atoms with E-state index in [1.54, 1.807) is 6.92 Å². The zero-order chi connectivity index (χ0) is 20.0. The zero-order valence-corrected chi connectivity index (χ0v) is 16.9. The zero-order valence-electron chi connectivity index (χ0n) is 15.3. The van der Waals surface area contributed by atoms with E-state index in [9.17, 15) is 14.4 Å². The maximum Gasteiger partial charge on any atom is 0.337 e. The highest BCUT2D eigenvalue weighted by molar-refractivity contribution is 9.10. The molecule has 1 aromatic carbocycles. The number of esters is 1. The van der Waals surface area contributed by atoms with Gasteiger partial charge in [-0.2, -0.15) is 0 Å². The van der Waals surface area contributed by atoms with Crippen molar-refractivity contribution >= 4 is 33.9 Å². The van der Waals surface area contributed by atoms with E-state index in [0.717, 1.165) is 10.0 Å². The molecule has 1 aromatic rings. The lowest BCUT2D eigenvalue weighted by molar-refractivity contribution is -0.138. The van der Waals surface area contributed by atoms with Crippen molar-refractivity contribution in [2.45, 2.75) is 38.6 Å². The summed E-state index contributed by atoms with van der Waals surface area (Å²) in [6.07, 6.45) is 1.99. The number of amides is 2. The molecule has 1 atom stereocenters. The molecule has 1 aliphatic rings. The molecule has 1 heterocycles. The number of benzene rings is 1. The van der Waals surface area contributed by atoms with E-state index in [1.807, 2.05) is 24.3 Å². The van der Waals surface area contributed by atoms with Gasteiger partial charge in [-0.3, -0.25) is 9.69 Å². The Kier molecular flexibility index (Phi) is 7.41. The molecular weight excluding hydrogens is 416 g/mol. The summed E-state index contributed by atoms with van der Waals surface area (Å²) in [5, 5.41) is 11.6. The second-order valence-corrected chi connectivity index (χ2v) is 7.11. The van der Waals surface area contributed by atoms with E-state index < -0.39 is 18.0 Å². The highest BCUT2D eigenvalue weighted by atomic mass is 79.9. The van der Waals surface area contributed by atoms with Crippen LogP contribution in [-0.2, 0) is 14.3 Å². The predicted octanol–water partition coefficient (Wildman–Crippen LogP) is 3.61. The number of hydrogen-bond acceptors (Lipinski definition) is 4. The van der Waals surface area contributed by atoms with Crippen LogP contribution in [0.3, 0.4) is 0 Å². The maximum absolute atomic E-state index is 12.6. The van der Waals surface area contributed by atoms with Crippen LogP contribution in [0.1, 0.15) is 44.2 Å². The van der Waals surface area contributed by atoms with E-state index in [1.165, 1.54) is 12.0 Å². The van der Waals surface area contributed by atoms with Crippen molar-refractivity contribution in [2.24, 2.45) is 0 Å². The lowest BCUT2D eigenvalue weighted by atomic mass is 9.95. The fourth-order valence-electron chi connectivity index (χ4n) is 3.09. The first-order chi connectivity index (χ1) is 12.9. The molecule has 0 spiro atoms. The van der Waals surface area contributed by atoms with Crippen molar-refractivity contribution in [1.82, 2.24) is 10.2 Å². The molecule has 7 nitrogen and oxygen atoms in total. The molecule has 0 aromatic heterocycles. The standard InChI is InChI=1S/C19H23BrN2O5/c1-12-16(18(25)27-2)17(13-8-5-6-9-14(13)20)21-19(26)22(12)11-7-3-4-10-15(23)24/h5-6,8-9,17H,3-4,7,10-11H2,1-2H3,(H,21,26)(H,23,24). The quantitative estimate of drug-likeness (QED) is 0.477. The average molecular weight is 439 g/mol. The first-order valence-electron chi connectivity index (χ1n) is 8.70. The van der Waals surface area contributed by atoms with Gasteiger partial charge in [-0.05, 0) is 31.4 Å². The molecule has 8 heteroatoms. The van der Waals surface area contributed by atoms with Crippen molar-refractivity contribution in [2.75, 3.05) is 13.7 Å². The number of carboxylic acids is 1. The van der Waals surface area contributed by atoms with Crippen molar-refractivity contribution in [3.63, 3.8) is 0 Å². The van der Waals surface area contributed by atoms with E-state index in [4.69, 9.17) is 9.84 Å². The van der Waals surface area contributed by atoms with Gasteiger partial charge in [0.25, 0.3) is 0 Å². The van der Waals surface area contributed by atoms with Gasteiger partial charge in [-0.15, -0.1) is 0 Å². The van der Waals surface area contributed by atoms with Crippen molar-refractivity contribution in [3.05, 3.63) is 45.6 Å². The Morgan fingerprint density at radius 2 is 1.96 bits per heavy atom. The largest absolute Gasteiger partial charge is 0.481 e. The molecular formula is C19H23BrN2O5. The number of allylic oxidation sites excluding steroid dienone is 1. The minimum Gasteiger partial charge on any atom is -0.481 e. The number of hydrogen-bond donors (Lipinski definition) is 2. The van der Waals surface area contributed by atoms with Gasteiger partial charge >= 0.3 is 18.0 Å². The van der Waals surface area contributed by atoms with Crippen LogP contribution in [0, 0.1) is 0 Å². The van der Waals surface area contributed by atoms with Gasteiger partial charge in [0.05, 0.1) is 18.7 Å². The van der Waals surface area contributed by atoms with Crippen LogP contribution in [0.15, 0.2) is 40.0 Å². The molecule has 2 rings (SSSR count). The summed E-state index contributed by atoms with van der Waals surface area (Å²) < 4.78 is 5.73. The van der Waals surface area contributed by atoms with Crippen molar-refractivity contribution in [3.8, 4) is 0 Å². The van der Waals surface area contributed by atoms with Crippen molar-refractivity contribution < 1.29 is 24.2 Å². The Bertz CT molecular complexity index is 762. The van der Waals surface area contributed by atoms with E-state index in [2.05, 4.69) is 21.2 Å². The number of ether oxygens (including phenoxy) is 1. The van der Waals surface area contributed by atoms with Gasteiger partial charge in [0.1, 0.15) is 0 Å². The van der Waals surface area contributed by atoms with Crippen molar-refractivity contribution in [1.29, 1.82) is 0 Å². The third-order valence-electron chi connectivity index (χ3n) is 4.49. The fourth-order valence-corrected chi connectivity index (χ4v) is 3.60. The molecule has 1 aliphatic heterocycles. The van der Waals surface area contributed by atoms with Gasteiger partial charge in [0.2, 0.25) is 0 Å². The number of carbonyl (C=O) groups is 3. The fraction of sp³-hybridized carbons (Fsp3) is 0.421. The second kappa shape index (κ2) is 9.55. The van der Waals surface area contributed by atoms with Gasteiger partial charge in [0, 0.05) is 23.1 Å². The highest BCUT2D eigenvalue weighted by Crippen LogP contribution is 2.34. The number of methoxy groups -OCH3 is 1. The normalized spacial score (nSPS) is 16.9. The number of carboxylic acid groups (broad SMARTS) is 1. The highest BCUT2D eigenvalue weighted by Gasteiger charge is 2.36. The van der Waals surface area contributed by atoms with Crippen LogP contribution in [0.2, 0.25) is 0 Å². The summed E-state index contributed by atoms with van der Waals surface area (Å²) in [4.78, 5) is 37.2. The number of rotatable bonds is 8. The summed E-state index contributed by atoms with van der Waals surface area (Å²) in [5.41, 5.74) is 1.70. The topological polar surface area (TPSA) is 95.9 Å². The number of unbranched alkanes of at least 4 members (excludes halogenated alkanes) is 2. The van der Waals surface area contributed by atoms with Gasteiger partial charge in [0.15, 0.2) is 0 Å². The monoisotopic (exact) mass is 438 g/mol. The second-order valence-electron chi connectivity index (χ2n) is 6.25. The number of carbonyl (C=O) groups excluding carboxylic acids is 2. The lowest BCUT2D eigenvalue weighted by Gasteiger charge is -2.35. The number of nitrogens with one attached hydrogen (secondary N) is 1. The summed E-state index contributed by atoms with van der Waals surface area (Å²) >= 11 is 3.47. The molecule has 0 saturated heterocycles. The number of nitrogens with zero attached hydrogens (tertiary/aromatic N) is 1. The summed E-state index contributed by atoms with van der Waals surface area (Å²) in [6, 6.07) is 6.48.